The Morgan fingerprint density at radius 1 is 1.26 bits per heavy atom. The average Bonchev–Trinajstić information content (AvgIpc) is 3.00. The largest absolute Gasteiger partial charge is 0.632 e. The first-order valence-electron chi connectivity index (χ1n) is 7.87. The zero-order valence-electron chi connectivity index (χ0n) is 12.8. The number of likely N-dealkylation sites (N-methyl/N-ethyl adjacent to an activating group) is 1. The molecule has 5 nitrogen and oxygen atoms in total. The molecule has 0 aromatic heterocycles. The van der Waals surface area contributed by atoms with Gasteiger partial charge in [-0.3, -0.25) is 0 Å². The zero-order chi connectivity index (χ0) is 15.8. The van der Waals surface area contributed by atoms with Gasteiger partial charge < -0.3 is 24.4 Å². The Morgan fingerprint density at radius 3 is 2.96 bits per heavy atom. The SMILES string of the molecule is C[N@@+]1([O-])CCc2cc3c(c4c2[C@@H]1[C@@H](O)c1ccccc1-4)OCO3. The molecule has 1 aliphatic carbocycles. The molecule has 0 saturated heterocycles. The van der Waals surface area contributed by atoms with Crippen molar-refractivity contribution in [3.05, 3.63) is 52.2 Å². The number of hydrogen-bond donors (Lipinski definition) is 1. The predicted molar refractivity (Wildman–Crippen MR) is 83.8 cm³/mol. The van der Waals surface area contributed by atoms with Crippen LogP contribution in [0.25, 0.3) is 11.1 Å². The third-order valence-corrected chi connectivity index (χ3v) is 5.35. The number of aliphatic hydroxyl groups excluding tert-OH is 1. The van der Waals surface area contributed by atoms with Gasteiger partial charge in [-0.15, -0.1) is 0 Å². The monoisotopic (exact) mass is 311 g/mol. The number of ether oxygens (including phenoxy) is 2. The minimum atomic E-state index is -0.805. The lowest BCUT2D eigenvalue weighted by molar-refractivity contribution is -0.899. The highest BCUT2D eigenvalue weighted by atomic mass is 16.7. The number of quaternary nitrogens is 1. The summed E-state index contributed by atoms with van der Waals surface area (Å²) >= 11 is 0. The van der Waals surface area contributed by atoms with Gasteiger partial charge in [0.15, 0.2) is 11.5 Å². The van der Waals surface area contributed by atoms with E-state index in [0.717, 1.165) is 33.6 Å². The van der Waals surface area contributed by atoms with Gasteiger partial charge in [0, 0.05) is 17.5 Å². The molecule has 0 spiro atoms. The van der Waals surface area contributed by atoms with Gasteiger partial charge in [-0.25, -0.2) is 0 Å². The van der Waals surface area contributed by atoms with Crippen LogP contribution in [0, 0.1) is 5.21 Å². The quantitative estimate of drug-likeness (QED) is 0.600. The molecule has 0 radical (unpaired) electrons. The molecule has 0 unspecified atom stereocenters. The topological polar surface area (TPSA) is 61.8 Å². The van der Waals surface area contributed by atoms with Crippen molar-refractivity contribution in [2.75, 3.05) is 20.4 Å². The lowest BCUT2D eigenvalue weighted by atomic mass is 9.75. The Morgan fingerprint density at radius 2 is 2.09 bits per heavy atom. The van der Waals surface area contributed by atoms with E-state index >= 15 is 0 Å². The first-order chi connectivity index (χ1) is 11.1. The fourth-order valence-corrected chi connectivity index (χ4v) is 4.29. The standard InChI is InChI=1S/C18H17NO4/c1-19(21)7-6-10-8-13-18(23-9-22-13)15-11-4-2-3-5-12(11)17(20)16(19)14(10)15/h2-5,8,16-17,20H,6-7,9H2,1H3/t16-,17+,19-/m1/s1. The van der Waals surface area contributed by atoms with Gasteiger partial charge in [-0.2, -0.15) is 0 Å². The number of nitrogens with zero attached hydrogens (tertiary/aromatic N) is 1. The summed E-state index contributed by atoms with van der Waals surface area (Å²) in [6, 6.07) is 9.18. The first kappa shape index (κ1) is 13.4. The molecule has 0 amide bonds. The van der Waals surface area contributed by atoms with Crippen molar-refractivity contribution in [1.82, 2.24) is 0 Å². The lowest BCUT2D eigenvalue weighted by Crippen LogP contribution is -2.49. The number of hydrogen-bond acceptors (Lipinski definition) is 4. The van der Waals surface area contributed by atoms with Gasteiger partial charge in [0.1, 0.15) is 12.1 Å². The predicted octanol–water partition coefficient (Wildman–Crippen LogP) is 2.67. The molecule has 2 aromatic rings. The Kier molecular flexibility index (Phi) is 2.48. The molecule has 2 aromatic carbocycles. The molecule has 3 atom stereocenters. The summed E-state index contributed by atoms with van der Waals surface area (Å²) in [6.07, 6.45) is -0.120. The molecule has 118 valence electrons. The molecule has 5 heteroatoms. The Bertz CT molecular complexity index is 830. The van der Waals surface area contributed by atoms with Gasteiger partial charge >= 0.3 is 0 Å². The van der Waals surface area contributed by atoms with E-state index in [-0.39, 0.29) is 6.79 Å². The first-order valence-corrected chi connectivity index (χ1v) is 7.87. The van der Waals surface area contributed by atoms with Crippen LogP contribution in [0.4, 0.5) is 0 Å². The van der Waals surface area contributed by atoms with E-state index in [1.165, 1.54) is 0 Å². The van der Waals surface area contributed by atoms with Crippen molar-refractivity contribution < 1.29 is 19.2 Å². The fraction of sp³-hybridized carbons (Fsp3) is 0.333. The smallest absolute Gasteiger partial charge is 0.231 e. The van der Waals surface area contributed by atoms with E-state index in [1.807, 2.05) is 30.3 Å². The van der Waals surface area contributed by atoms with Crippen LogP contribution in [0.3, 0.4) is 0 Å². The number of rotatable bonds is 0. The Balaban J connectivity index is 1.91. The second kappa shape index (κ2) is 4.26. The van der Waals surface area contributed by atoms with Gasteiger partial charge in [0.2, 0.25) is 6.79 Å². The molecule has 3 aliphatic rings. The normalized spacial score (nSPS) is 29.9. The summed E-state index contributed by atoms with van der Waals surface area (Å²) in [4.78, 5) is 0. The van der Waals surface area contributed by atoms with Crippen molar-refractivity contribution in [3.8, 4) is 22.6 Å². The van der Waals surface area contributed by atoms with E-state index in [2.05, 4.69) is 0 Å². The average molecular weight is 311 g/mol. The summed E-state index contributed by atoms with van der Waals surface area (Å²) in [5.74, 6) is 1.45. The fourth-order valence-electron chi connectivity index (χ4n) is 4.29. The molecular formula is C18H17NO4. The molecule has 1 N–H and O–H groups in total. The van der Waals surface area contributed by atoms with Crippen LogP contribution in [0.15, 0.2) is 30.3 Å². The molecule has 23 heavy (non-hydrogen) atoms. The van der Waals surface area contributed by atoms with Crippen LogP contribution in [0.2, 0.25) is 0 Å². The van der Waals surface area contributed by atoms with Crippen LogP contribution in [-0.2, 0) is 6.42 Å². The van der Waals surface area contributed by atoms with Gasteiger partial charge in [0.05, 0.1) is 13.6 Å². The van der Waals surface area contributed by atoms with Crippen molar-refractivity contribution in [2.45, 2.75) is 18.6 Å². The molecule has 0 fully saturated rings. The lowest BCUT2D eigenvalue weighted by Gasteiger charge is -2.52. The number of hydroxylamine groups is 3. The van der Waals surface area contributed by atoms with Gasteiger partial charge in [0.25, 0.3) is 0 Å². The van der Waals surface area contributed by atoms with Crippen molar-refractivity contribution in [1.29, 1.82) is 0 Å². The van der Waals surface area contributed by atoms with E-state index < -0.39 is 16.8 Å². The molecule has 5 rings (SSSR count). The molecule has 0 bridgehead atoms. The minimum Gasteiger partial charge on any atom is -0.632 e. The van der Waals surface area contributed by atoms with Gasteiger partial charge in [-0.1, -0.05) is 24.3 Å². The van der Waals surface area contributed by atoms with Crippen molar-refractivity contribution >= 4 is 0 Å². The number of benzene rings is 2. The molecule has 2 heterocycles. The van der Waals surface area contributed by atoms with Crippen LogP contribution in [-0.4, -0.2) is 30.1 Å². The van der Waals surface area contributed by atoms with Crippen LogP contribution in [0.5, 0.6) is 11.5 Å². The highest BCUT2D eigenvalue weighted by Gasteiger charge is 2.47. The summed E-state index contributed by atoms with van der Waals surface area (Å²) in [5.41, 5.74) is 4.69. The Labute approximate surface area is 133 Å². The number of fused-ring (bicyclic) bond motifs is 4. The van der Waals surface area contributed by atoms with E-state index in [0.29, 0.717) is 18.7 Å². The van der Waals surface area contributed by atoms with Crippen LogP contribution in [0.1, 0.15) is 28.8 Å². The molecular weight excluding hydrogens is 294 g/mol. The number of aliphatic hydroxyl groups is 1. The van der Waals surface area contributed by atoms with Gasteiger partial charge in [-0.05, 0) is 22.8 Å². The van der Waals surface area contributed by atoms with E-state index in [1.54, 1.807) is 7.05 Å². The second-order valence-corrected chi connectivity index (χ2v) is 6.68. The maximum Gasteiger partial charge on any atom is 0.231 e. The highest BCUT2D eigenvalue weighted by Crippen LogP contribution is 2.57. The third kappa shape index (κ3) is 1.62. The molecule has 0 saturated carbocycles. The van der Waals surface area contributed by atoms with Crippen molar-refractivity contribution in [3.63, 3.8) is 0 Å². The minimum absolute atomic E-state index is 0.199. The summed E-state index contributed by atoms with van der Waals surface area (Å²) in [7, 11) is 1.65. The van der Waals surface area contributed by atoms with Crippen molar-refractivity contribution in [2.24, 2.45) is 0 Å². The van der Waals surface area contributed by atoms with E-state index in [4.69, 9.17) is 9.47 Å². The second-order valence-electron chi connectivity index (χ2n) is 6.68. The van der Waals surface area contributed by atoms with Crippen LogP contribution >= 0.6 is 0 Å². The van der Waals surface area contributed by atoms with Crippen LogP contribution < -0.4 is 9.47 Å². The summed E-state index contributed by atoms with van der Waals surface area (Å²) in [5, 5.41) is 24.0. The zero-order valence-corrected chi connectivity index (χ0v) is 12.8. The maximum absolute atomic E-state index is 13.1. The summed E-state index contributed by atoms with van der Waals surface area (Å²) < 4.78 is 10.8. The summed E-state index contributed by atoms with van der Waals surface area (Å²) in [6.45, 7) is 0.653. The molecule has 2 aliphatic heterocycles. The Hall–Kier alpha value is -2.08. The highest BCUT2D eigenvalue weighted by molar-refractivity contribution is 5.84. The third-order valence-electron chi connectivity index (χ3n) is 5.35. The van der Waals surface area contributed by atoms with E-state index in [9.17, 15) is 10.3 Å². The maximum atomic E-state index is 13.1.